The SMILES string of the molecule is COCCN1C(=O)C[C@H](C(=O)O)[C@@H]1c1ccccc1Cl. The summed E-state index contributed by atoms with van der Waals surface area (Å²) >= 11 is 6.16. The van der Waals surface area contributed by atoms with E-state index in [1.54, 1.807) is 36.3 Å². The van der Waals surface area contributed by atoms with E-state index in [4.69, 9.17) is 16.3 Å². The smallest absolute Gasteiger partial charge is 0.309 e. The molecule has 1 saturated heterocycles. The van der Waals surface area contributed by atoms with Crippen LogP contribution in [0.2, 0.25) is 5.02 Å². The lowest BCUT2D eigenvalue weighted by Crippen LogP contribution is -2.33. The van der Waals surface area contributed by atoms with Crippen LogP contribution in [0.4, 0.5) is 0 Å². The van der Waals surface area contributed by atoms with E-state index in [1.807, 2.05) is 0 Å². The molecule has 1 heterocycles. The molecule has 2 rings (SSSR count). The molecule has 1 aromatic rings. The fourth-order valence-electron chi connectivity index (χ4n) is 2.56. The summed E-state index contributed by atoms with van der Waals surface area (Å²) in [6, 6.07) is 6.49. The van der Waals surface area contributed by atoms with Crippen molar-refractivity contribution in [2.24, 2.45) is 5.92 Å². The molecular formula is C14H16ClNO4. The molecule has 2 atom stereocenters. The van der Waals surface area contributed by atoms with Crippen molar-refractivity contribution in [1.82, 2.24) is 4.90 Å². The number of carbonyl (C=O) groups is 2. The molecular weight excluding hydrogens is 282 g/mol. The van der Waals surface area contributed by atoms with Gasteiger partial charge in [0.05, 0.1) is 18.6 Å². The van der Waals surface area contributed by atoms with Crippen molar-refractivity contribution in [3.8, 4) is 0 Å². The van der Waals surface area contributed by atoms with Crippen LogP contribution in [0.3, 0.4) is 0 Å². The van der Waals surface area contributed by atoms with E-state index in [0.717, 1.165) is 0 Å². The maximum absolute atomic E-state index is 12.1. The van der Waals surface area contributed by atoms with Crippen LogP contribution in [-0.4, -0.2) is 42.1 Å². The standard InChI is InChI=1S/C14H16ClNO4/c1-20-7-6-16-12(17)8-10(14(18)19)13(16)9-4-2-3-5-11(9)15/h2-5,10,13H,6-8H2,1H3,(H,18,19)/t10-,13-/m0/s1. The fraction of sp³-hybridized carbons (Fsp3) is 0.429. The van der Waals surface area contributed by atoms with Crippen LogP contribution in [0.25, 0.3) is 0 Å². The van der Waals surface area contributed by atoms with Crippen molar-refractivity contribution in [3.63, 3.8) is 0 Å². The van der Waals surface area contributed by atoms with Crippen LogP contribution in [-0.2, 0) is 14.3 Å². The Bertz CT molecular complexity index is 520. The number of carboxylic acids is 1. The topological polar surface area (TPSA) is 66.8 Å². The molecule has 0 spiro atoms. The Hall–Kier alpha value is -1.59. The largest absolute Gasteiger partial charge is 0.481 e. The van der Waals surface area contributed by atoms with Gasteiger partial charge in [0.2, 0.25) is 5.91 Å². The molecule has 1 aliphatic heterocycles. The summed E-state index contributed by atoms with van der Waals surface area (Å²) in [5, 5.41) is 9.82. The van der Waals surface area contributed by atoms with Crippen molar-refractivity contribution in [1.29, 1.82) is 0 Å². The van der Waals surface area contributed by atoms with Crippen LogP contribution < -0.4 is 0 Å². The summed E-state index contributed by atoms with van der Waals surface area (Å²) in [5.41, 5.74) is 0.670. The van der Waals surface area contributed by atoms with Gasteiger partial charge in [-0.1, -0.05) is 29.8 Å². The number of carboxylic acid groups (broad SMARTS) is 1. The number of amides is 1. The summed E-state index contributed by atoms with van der Waals surface area (Å²) < 4.78 is 4.99. The highest BCUT2D eigenvalue weighted by molar-refractivity contribution is 6.31. The molecule has 1 amide bonds. The van der Waals surface area contributed by atoms with E-state index in [9.17, 15) is 14.7 Å². The average molecular weight is 298 g/mol. The Balaban J connectivity index is 2.38. The van der Waals surface area contributed by atoms with Crippen LogP contribution in [0, 0.1) is 5.92 Å². The highest BCUT2D eigenvalue weighted by Crippen LogP contribution is 2.40. The predicted octanol–water partition coefficient (Wildman–Crippen LogP) is 1.96. The molecule has 1 N–H and O–H groups in total. The number of likely N-dealkylation sites (tertiary alicyclic amines) is 1. The summed E-state index contributed by atoms with van der Waals surface area (Å²) in [5.74, 6) is -1.94. The van der Waals surface area contributed by atoms with Gasteiger partial charge in [-0.25, -0.2) is 0 Å². The molecule has 0 aromatic heterocycles. The predicted molar refractivity (Wildman–Crippen MR) is 73.5 cm³/mol. The van der Waals surface area contributed by atoms with E-state index in [0.29, 0.717) is 23.7 Å². The van der Waals surface area contributed by atoms with Crippen LogP contribution >= 0.6 is 11.6 Å². The van der Waals surface area contributed by atoms with E-state index in [1.165, 1.54) is 0 Å². The summed E-state index contributed by atoms with van der Waals surface area (Å²) in [4.78, 5) is 25.0. The van der Waals surface area contributed by atoms with Gasteiger partial charge in [-0.15, -0.1) is 0 Å². The number of benzene rings is 1. The molecule has 1 fully saturated rings. The number of rotatable bonds is 5. The van der Waals surface area contributed by atoms with Crippen molar-refractivity contribution in [2.75, 3.05) is 20.3 Å². The number of halogens is 1. The number of nitrogens with zero attached hydrogens (tertiary/aromatic N) is 1. The molecule has 0 radical (unpaired) electrons. The van der Waals surface area contributed by atoms with E-state index in [2.05, 4.69) is 0 Å². The minimum absolute atomic E-state index is 0.00502. The summed E-state index contributed by atoms with van der Waals surface area (Å²) in [6.07, 6.45) is -0.00502. The average Bonchev–Trinajstić information content (AvgIpc) is 2.74. The zero-order valence-corrected chi connectivity index (χ0v) is 11.8. The summed E-state index contributed by atoms with van der Waals surface area (Å²) in [7, 11) is 1.54. The molecule has 20 heavy (non-hydrogen) atoms. The van der Waals surface area contributed by atoms with Crippen LogP contribution in [0.15, 0.2) is 24.3 Å². The first kappa shape index (κ1) is 14.8. The highest BCUT2D eigenvalue weighted by Gasteiger charge is 2.45. The third kappa shape index (κ3) is 2.78. The molecule has 6 heteroatoms. The number of carbonyl (C=O) groups excluding carboxylic acids is 1. The Morgan fingerprint density at radius 2 is 2.20 bits per heavy atom. The third-order valence-corrected chi connectivity index (χ3v) is 3.85. The highest BCUT2D eigenvalue weighted by atomic mass is 35.5. The van der Waals surface area contributed by atoms with E-state index >= 15 is 0 Å². The van der Waals surface area contributed by atoms with Gasteiger partial charge in [-0.2, -0.15) is 0 Å². The van der Waals surface area contributed by atoms with Gasteiger partial charge in [0, 0.05) is 25.1 Å². The minimum atomic E-state index is -0.983. The van der Waals surface area contributed by atoms with Crippen LogP contribution in [0.1, 0.15) is 18.0 Å². The van der Waals surface area contributed by atoms with Gasteiger partial charge in [0.25, 0.3) is 0 Å². The first-order chi connectivity index (χ1) is 9.56. The zero-order chi connectivity index (χ0) is 14.7. The lowest BCUT2D eigenvalue weighted by atomic mass is 9.93. The molecule has 5 nitrogen and oxygen atoms in total. The van der Waals surface area contributed by atoms with Crippen molar-refractivity contribution < 1.29 is 19.4 Å². The second-order valence-corrected chi connectivity index (χ2v) is 5.10. The van der Waals surface area contributed by atoms with Crippen molar-refractivity contribution in [3.05, 3.63) is 34.9 Å². The maximum atomic E-state index is 12.1. The summed E-state index contributed by atoms with van der Waals surface area (Å²) in [6.45, 7) is 0.716. The number of ether oxygens (including phenoxy) is 1. The zero-order valence-electron chi connectivity index (χ0n) is 11.1. The monoisotopic (exact) mass is 297 g/mol. The molecule has 1 aromatic carbocycles. The normalized spacial score (nSPS) is 22.3. The Morgan fingerprint density at radius 1 is 1.50 bits per heavy atom. The van der Waals surface area contributed by atoms with Gasteiger partial charge in [0.15, 0.2) is 0 Å². The van der Waals surface area contributed by atoms with Gasteiger partial charge in [-0.3, -0.25) is 9.59 Å². The van der Waals surface area contributed by atoms with Crippen molar-refractivity contribution >= 4 is 23.5 Å². The second-order valence-electron chi connectivity index (χ2n) is 4.70. The first-order valence-corrected chi connectivity index (χ1v) is 6.69. The van der Waals surface area contributed by atoms with Crippen LogP contribution in [0.5, 0.6) is 0 Å². The van der Waals surface area contributed by atoms with Gasteiger partial charge in [0.1, 0.15) is 0 Å². The molecule has 0 unspecified atom stereocenters. The Morgan fingerprint density at radius 3 is 2.80 bits per heavy atom. The number of aliphatic carboxylic acids is 1. The Kier molecular flexibility index (Phi) is 4.62. The Labute approximate surface area is 122 Å². The molecule has 1 aliphatic rings. The van der Waals surface area contributed by atoms with Gasteiger partial charge < -0.3 is 14.7 Å². The third-order valence-electron chi connectivity index (χ3n) is 3.51. The number of hydrogen-bond acceptors (Lipinski definition) is 3. The molecule has 0 saturated carbocycles. The molecule has 108 valence electrons. The van der Waals surface area contributed by atoms with E-state index in [-0.39, 0.29) is 12.3 Å². The number of hydrogen-bond donors (Lipinski definition) is 1. The first-order valence-electron chi connectivity index (χ1n) is 6.32. The van der Waals surface area contributed by atoms with E-state index < -0.39 is 17.9 Å². The van der Waals surface area contributed by atoms with Gasteiger partial charge in [-0.05, 0) is 11.6 Å². The lowest BCUT2D eigenvalue weighted by molar-refractivity contribution is -0.142. The number of methoxy groups -OCH3 is 1. The maximum Gasteiger partial charge on any atom is 0.309 e. The lowest BCUT2D eigenvalue weighted by Gasteiger charge is -2.27. The fourth-order valence-corrected chi connectivity index (χ4v) is 2.81. The second kappa shape index (κ2) is 6.24. The molecule has 0 bridgehead atoms. The minimum Gasteiger partial charge on any atom is -0.481 e. The van der Waals surface area contributed by atoms with Gasteiger partial charge >= 0.3 is 5.97 Å². The van der Waals surface area contributed by atoms with Crippen molar-refractivity contribution in [2.45, 2.75) is 12.5 Å². The quantitative estimate of drug-likeness (QED) is 0.902. The molecule has 0 aliphatic carbocycles.